The predicted octanol–water partition coefficient (Wildman–Crippen LogP) is 3.62. The second kappa shape index (κ2) is 7.41. The number of halogens is 1. The van der Waals surface area contributed by atoms with Gasteiger partial charge in [-0.15, -0.1) is 12.4 Å². The summed E-state index contributed by atoms with van der Waals surface area (Å²) >= 11 is 0. The van der Waals surface area contributed by atoms with Gasteiger partial charge >= 0.3 is 0 Å². The minimum absolute atomic E-state index is 0. The molecule has 3 rings (SSSR count). The highest BCUT2D eigenvalue weighted by Gasteiger charge is 2.19. The van der Waals surface area contributed by atoms with Gasteiger partial charge in [-0.1, -0.05) is 45.0 Å². The molecule has 5 heteroatoms. The van der Waals surface area contributed by atoms with Crippen LogP contribution in [0.1, 0.15) is 36.9 Å². The number of carbonyl (C=O) groups excluding carboxylic acids is 1. The Bertz CT molecular complexity index is 682. The summed E-state index contributed by atoms with van der Waals surface area (Å²) in [5.41, 5.74) is 2.39. The molecule has 2 heterocycles. The van der Waals surface area contributed by atoms with Gasteiger partial charge in [0, 0.05) is 31.1 Å². The molecule has 1 aromatic heterocycles. The Morgan fingerprint density at radius 3 is 2.38 bits per heavy atom. The Kier molecular flexibility index (Phi) is 5.73. The summed E-state index contributed by atoms with van der Waals surface area (Å²) in [6.07, 6.45) is 0. The lowest BCUT2D eigenvalue weighted by molar-refractivity contribution is 0.0915. The van der Waals surface area contributed by atoms with E-state index in [4.69, 9.17) is 4.42 Å². The summed E-state index contributed by atoms with van der Waals surface area (Å²) in [7, 11) is 0. The fraction of sp³-hybridized carbons (Fsp3) is 0.421. The Labute approximate surface area is 149 Å². The Morgan fingerprint density at radius 2 is 1.83 bits per heavy atom. The van der Waals surface area contributed by atoms with Crippen LogP contribution in [0.2, 0.25) is 0 Å². The number of carbonyl (C=O) groups is 1. The molecule has 130 valence electrons. The maximum absolute atomic E-state index is 12.1. The Hall–Kier alpha value is -1.78. The SMILES string of the molecule is CC(C)(C)c1ccc(-c2ccc(C(=O)NCC3CNC3)o2)cc1.Cl. The minimum atomic E-state index is -0.144. The van der Waals surface area contributed by atoms with Crippen molar-refractivity contribution in [3.63, 3.8) is 0 Å². The van der Waals surface area contributed by atoms with Crippen molar-refractivity contribution in [2.75, 3.05) is 19.6 Å². The monoisotopic (exact) mass is 348 g/mol. The van der Waals surface area contributed by atoms with Gasteiger partial charge in [-0.25, -0.2) is 0 Å². The number of rotatable bonds is 4. The Balaban J connectivity index is 0.00000208. The first kappa shape index (κ1) is 18.6. The molecule has 0 radical (unpaired) electrons. The summed E-state index contributed by atoms with van der Waals surface area (Å²) in [5, 5.41) is 6.11. The van der Waals surface area contributed by atoms with E-state index in [0.717, 1.165) is 24.4 Å². The van der Waals surface area contributed by atoms with Crippen LogP contribution in [-0.2, 0) is 5.41 Å². The van der Waals surface area contributed by atoms with Crippen LogP contribution in [0.4, 0.5) is 0 Å². The van der Waals surface area contributed by atoms with Gasteiger partial charge in [0.2, 0.25) is 0 Å². The third-order valence-corrected chi connectivity index (χ3v) is 4.28. The molecule has 4 nitrogen and oxygen atoms in total. The van der Waals surface area contributed by atoms with Crippen molar-refractivity contribution < 1.29 is 9.21 Å². The van der Waals surface area contributed by atoms with E-state index in [1.165, 1.54) is 5.56 Å². The van der Waals surface area contributed by atoms with Crippen LogP contribution in [0.25, 0.3) is 11.3 Å². The Morgan fingerprint density at radius 1 is 1.17 bits per heavy atom. The molecule has 1 aliphatic rings. The first-order chi connectivity index (χ1) is 10.9. The van der Waals surface area contributed by atoms with E-state index >= 15 is 0 Å². The largest absolute Gasteiger partial charge is 0.451 e. The molecule has 0 spiro atoms. The summed E-state index contributed by atoms with van der Waals surface area (Å²) in [5.74, 6) is 1.49. The van der Waals surface area contributed by atoms with Gasteiger partial charge in [-0.05, 0) is 23.1 Å². The van der Waals surface area contributed by atoms with Crippen LogP contribution >= 0.6 is 12.4 Å². The lowest BCUT2D eigenvalue weighted by atomic mass is 9.86. The zero-order valence-electron chi connectivity index (χ0n) is 14.4. The number of amides is 1. The van der Waals surface area contributed by atoms with Gasteiger partial charge in [0.25, 0.3) is 5.91 Å². The zero-order valence-corrected chi connectivity index (χ0v) is 15.2. The molecule has 2 N–H and O–H groups in total. The summed E-state index contributed by atoms with van der Waals surface area (Å²) < 4.78 is 5.71. The fourth-order valence-corrected chi connectivity index (χ4v) is 2.57. The average Bonchev–Trinajstić information content (AvgIpc) is 2.94. The lowest BCUT2D eigenvalue weighted by Gasteiger charge is -2.26. The van der Waals surface area contributed by atoms with Gasteiger partial charge in [0.15, 0.2) is 5.76 Å². The normalized spacial score (nSPS) is 14.6. The molecule has 2 aromatic rings. The van der Waals surface area contributed by atoms with Crippen LogP contribution < -0.4 is 10.6 Å². The number of hydrogen-bond acceptors (Lipinski definition) is 3. The van der Waals surface area contributed by atoms with E-state index in [1.807, 2.05) is 18.2 Å². The smallest absolute Gasteiger partial charge is 0.287 e. The van der Waals surface area contributed by atoms with Crippen LogP contribution in [0.15, 0.2) is 40.8 Å². The van der Waals surface area contributed by atoms with Crippen molar-refractivity contribution in [1.29, 1.82) is 0 Å². The van der Waals surface area contributed by atoms with Crippen LogP contribution in [-0.4, -0.2) is 25.5 Å². The molecule has 1 aromatic carbocycles. The predicted molar refractivity (Wildman–Crippen MR) is 98.8 cm³/mol. The maximum Gasteiger partial charge on any atom is 0.287 e. The molecule has 1 aliphatic heterocycles. The van der Waals surface area contributed by atoms with E-state index in [0.29, 0.717) is 18.2 Å². The van der Waals surface area contributed by atoms with Gasteiger partial charge in [0.1, 0.15) is 5.76 Å². The van der Waals surface area contributed by atoms with Crippen molar-refractivity contribution in [2.45, 2.75) is 26.2 Å². The average molecular weight is 349 g/mol. The highest BCUT2D eigenvalue weighted by Crippen LogP contribution is 2.27. The highest BCUT2D eigenvalue weighted by atomic mass is 35.5. The van der Waals surface area contributed by atoms with Crippen molar-refractivity contribution in [2.24, 2.45) is 5.92 Å². The number of hydrogen-bond donors (Lipinski definition) is 2. The van der Waals surface area contributed by atoms with E-state index in [-0.39, 0.29) is 23.7 Å². The van der Waals surface area contributed by atoms with Crippen LogP contribution in [0, 0.1) is 5.92 Å². The van der Waals surface area contributed by atoms with E-state index in [1.54, 1.807) is 6.07 Å². The third-order valence-electron chi connectivity index (χ3n) is 4.28. The second-order valence-corrected chi connectivity index (χ2v) is 7.23. The first-order valence-corrected chi connectivity index (χ1v) is 8.13. The van der Waals surface area contributed by atoms with Gasteiger partial charge in [-0.3, -0.25) is 4.79 Å². The topological polar surface area (TPSA) is 54.3 Å². The van der Waals surface area contributed by atoms with Crippen molar-refractivity contribution in [3.05, 3.63) is 47.7 Å². The summed E-state index contributed by atoms with van der Waals surface area (Å²) in [6, 6.07) is 11.9. The molecule has 0 atom stereocenters. The first-order valence-electron chi connectivity index (χ1n) is 8.13. The number of furan rings is 1. The molecular weight excluding hydrogens is 324 g/mol. The van der Waals surface area contributed by atoms with E-state index in [9.17, 15) is 4.79 Å². The maximum atomic E-state index is 12.1. The molecule has 24 heavy (non-hydrogen) atoms. The van der Waals surface area contributed by atoms with Crippen LogP contribution in [0.3, 0.4) is 0 Å². The fourth-order valence-electron chi connectivity index (χ4n) is 2.57. The lowest BCUT2D eigenvalue weighted by Crippen LogP contribution is -2.48. The van der Waals surface area contributed by atoms with Gasteiger partial charge < -0.3 is 15.1 Å². The summed E-state index contributed by atoms with van der Waals surface area (Å²) in [4.78, 5) is 12.1. The molecule has 0 unspecified atom stereocenters. The zero-order chi connectivity index (χ0) is 16.4. The molecular formula is C19H25ClN2O2. The molecule has 1 saturated heterocycles. The summed E-state index contributed by atoms with van der Waals surface area (Å²) in [6.45, 7) is 9.22. The van der Waals surface area contributed by atoms with Crippen molar-refractivity contribution >= 4 is 18.3 Å². The molecule has 1 fully saturated rings. The highest BCUT2D eigenvalue weighted by molar-refractivity contribution is 5.92. The molecule has 0 saturated carbocycles. The molecule has 0 bridgehead atoms. The molecule has 1 amide bonds. The minimum Gasteiger partial charge on any atom is -0.451 e. The quantitative estimate of drug-likeness (QED) is 0.887. The standard InChI is InChI=1S/C19H24N2O2.ClH/c1-19(2,3)15-6-4-14(5-7-15)16-8-9-17(23-16)18(22)21-12-13-10-20-11-13;/h4-9,13,20H,10-12H2,1-3H3,(H,21,22);1H. The number of benzene rings is 1. The molecule has 0 aliphatic carbocycles. The van der Waals surface area contributed by atoms with E-state index in [2.05, 4.69) is 43.5 Å². The third kappa shape index (κ3) is 4.19. The number of nitrogens with one attached hydrogen (secondary N) is 2. The van der Waals surface area contributed by atoms with Gasteiger partial charge in [-0.2, -0.15) is 0 Å². The van der Waals surface area contributed by atoms with Crippen molar-refractivity contribution in [1.82, 2.24) is 10.6 Å². The second-order valence-electron chi connectivity index (χ2n) is 7.23. The van der Waals surface area contributed by atoms with Crippen LogP contribution in [0.5, 0.6) is 0 Å². The van der Waals surface area contributed by atoms with E-state index < -0.39 is 0 Å². The van der Waals surface area contributed by atoms with Crippen molar-refractivity contribution in [3.8, 4) is 11.3 Å². The van der Waals surface area contributed by atoms with Gasteiger partial charge in [0.05, 0.1) is 0 Å².